The minimum Gasteiger partial charge on any atom is -0.299 e. The van der Waals surface area contributed by atoms with E-state index in [1.807, 2.05) is 12.1 Å². The number of rotatable bonds is 5. The van der Waals surface area contributed by atoms with E-state index in [-0.39, 0.29) is 0 Å². The molecular weight excluding hydrogens is 194 g/mol. The summed E-state index contributed by atoms with van der Waals surface area (Å²) in [5, 5.41) is 0.812. The zero-order chi connectivity index (χ0) is 10.4. The molecular formula is C12H18ClN. The maximum absolute atomic E-state index is 5.83. The van der Waals surface area contributed by atoms with Crippen molar-refractivity contribution in [3.05, 3.63) is 34.9 Å². The van der Waals surface area contributed by atoms with Crippen molar-refractivity contribution in [3.63, 3.8) is 0 Å². The SMILES string of the molecule is CCCN(CC)Cc1ccc(Cl)cc1. The van der Waals surface area contributed by atoms with Crippen LogP contribution in [-0.4, -0.2) is 18.0 Å². The fourth-order valence-corrected chi connectivity index (χ4v) is 1.64. The highest BCUT2D eigenvalue weighted by Crippen LogP contribution is 2.11. The molecule has 0 spiro atoms. The van der Waals surface area contributed by atoms with Crippen LogP contribution in [0.15, 0.2) is 24.3 Å². The highest BCUT2D eigenvalue weighted by atomic mass is 35.5. The molecule has 78 valence electrons. The average Bonchev–Trinajstić information content (AvgIpc) is 2.20. The molecule has 0 bridgehead atoms. The van der Waals surface area contributed by atoms with Crippen LogP contribution in [0.1, 0.15) is 25.8 Å². The van der Waals surface area contributed by atoms with Crippen molar-refractivity contribution in [2.24, 2.45) is 0 Å². The van der Waals surface area contributed by atoms with Gasteiger partial charge in [-0.25, -0.2) is 0 Å². The van der Waals surface area contributed by atoms with Crippen molar-refractivity contribution in [1.29, 1.82) is 0 Å². The van der Waals surface area contributed by atoms with Crippen molar-refractivity contribution in [2.45, 2.75) is 26.8 Å². The molecule has 0 N–H and O–H groups in total. The topological polar surface area (TPSA) is 3.24 Å². The Morgan fingerprint density at radius 2 is 1.79 bits per heavy atom. The predicted octanol–water partition coefficient (Wildman–Crippen LogP) is 3.57. The largest absolute Gasteiger partial charge is 0.299 e. The van der Waals surface area contributed by atoms with Gasteiger partial charge in [-0.2, -0.15) is 0 Å². The van der Waals surface area contributed by atoms with Gasteiger partial charge in [0.2, 0.25) is 0 Å². The van der Waals surface area contributed by atoms with E-state index in [0.29, 0.717) is 0 Å². The number of hydrogen-bond donors (Lipinski definition) is 0. The molecule has 0 aliphatic carbocycles. The minimum atomic E-state index is 0.812. The number of nitrogens with zero attached hydrogens (tertiary/aromatic N) is 1. The van der Waals surface area contributed by atoms with Gasteiger partial charge in [0, 0.05) is 11.6 Å². The summed E-state index contributed by atoms with van der Waals surface area (Å²) in [5.74, 6) is 0. The second-order valence-corrected chi connectivity index (χ2v) is 3.93. The van der Waals surface area contributed by atoms with Crippen molar-refractivity contribution in [1.82, 2.24) is 4.90 Å². The van der Waals surface area contributed by atoms with Gasteiger partial charge in [0.15, 0.2) is 0 Å². The predicted molar refractivity (Wildman–Crippen MR) is 62.7 cm³/mol. The van der Waals surface area contributed by atoms with Crippen molar-refractivity contribution < 1.29 is 0 Å². The Kier molecular flexibility index (Phi) is 4.99. The summed E-state index contributed by atoms with van der Waals surface area (Å²) in [6, 6.07) is 8.11. The summed E-state index contributed by atoms with van der Waals surface area (Å²) in [6.07, 6.45) is 1.21. The van der Waals surface area contributed by atoms with Crippen LogP contribution in [0.3, 0.4) is 0 Å². The van der Waals surface area contributed by atoms with Crippen molar-refractivity contribution in [3.8, 4) is 0 Å². The van der Waals surface area contributed by atoms with Crippen LogP contribution >= 0.6 is 11.6 Å². The molecule has 1 nitrogen and oxygen atoms in total. The molecule has 1 aromatic carbocycles. The lowest BCUT2D eigenvalue weighted by molar-refractivity contribution is 0.280. The summed E-state index contributed by atoms with van der Waals surface area (Å²) in [6.45, 7) is 7.72. The molecule has 0 heterocycles. The van der Waals surface area contributed by atoms with E-state index in [2.05, 4.69) is 30.9 Å². The average molecular weight is 212 g/mol. The number of benzene rings is 1. The van der Waals surface area contributed by atoms with Crippen LogP contribution in [0.5, 0.6) is 0 Å². The molecule has 0 radical (unpaired) electrons. The van der Waals surface area contributed by atoms with Crippen LogP contribution in [0.2, 0.25) is 5.02 Å². The molecule has 2 heteroatoms. The molecule has 0 aliphatic rings. The molecule has 0 atom stereocenters. The Balaban J connectivity index is 2.53. The van der Waals surface area contributed by atoms with Gasteiger partial charge in [0.25, 0.3) is 0 Å². The van der Waals surface area contributed by atoms with Crippen LogP contribution in [-0.2, 0) is 6.54 Å². The molecule has 1 rings (SSSR count). The van der Waals surface area contributed by atoms with E-state index in [1.54, 1.807) is 0 Å². The fourth-order valence-electron chi connectivity index (χ4n) is 1.51. The van der Waals surface area contributed by atoms with E-state index in [4.69, 9.17) is 11.6 Å². The van der Waals surface area contributed by atoms with E-state index in [1.165, 1.54) is 18.5 Å². The number of halogens is 1. The Labute approximate surface area is 91.7 Å². The Hall–Kier alpha value is -0.530. The van der Waals surface area contributed by atoms with Gasteiger partial charge in [0.1, 0.15) is 0 Å². The molecule has 0 saturated heterocycles. The lowest BCUT2D eigenvalue weighted by Gasteiger charge is -2.19. The minimum absolute atomic E-state index is 0.812. The molecule has 0 aromatic heterocycles. The fraction of sp³-hybridized carbons (Fsp3) is 0.500. The van der Waals surface area contributed by atoms with Crippen LogP contribution in [0.25, 0.3) is 0 Å². The highest BCUT2D eigenvalue weighted by Gasteiger charge is 2.01. The zero-order valence-electron chi connectivity index (χ0n) is 8.96. The second-order valence-electron chi connectivity index (χ2n) is 3.50. The van der Waals surface area contributed by atoms with Gasteiger partial charge < -0.3 is 0 Å². The van der Waals surface area contributed by atoms with Crippen LogP contribution in [0, 0.1) is 0 Å². The van der Waals surface area contributed by atoms with E-state index in [0.717, 1.165) is 18.1 Å². The summed E-state index contributed by atoms with van der Waals surface area (Å²) in [7, 11) is 0. The number of hydrogen-bond acceptors (Lipinski definition) is 1. The first kappa shape index (κ1) is 11.5. The second kappa shape index (κ2) is 6.05. The maximum atomic E-state index is 5.83. The van der Waals surface area contributed by atoms with Gasteiger partial charge in [-0.1, -0.05) is 37.6 Å². The summed E-state index contributed by atoms with van der Waals surface area (Å²) in [4.78, 5) is 2.43. The van der Waals surface area contributed by atoms with Crippen LogP contribution in [0.4, 0.5) is 0 Å². The lowest BCUT2D eigenvalue weighted by atomic mass is 10.2. The summed E-state index contributed by atoms with van der Waals surface area (Å²) in [5.41, 5.74) is 1.34. The maximum Gasteiger partial charge on any atom is 0.0406 e. The third-order valence-electron chi connectivity index (χ3n) is 2.31. The smallest absolute Gasteiger partial charge is 0.0406 e. The molecule has 0 saturated carbocycles. The monoisotopic (exact) mass is 211 g/mol. The van der Waals surface area contributed by atoms with E-state index >= 15 is 0 Å². The Bertz CT molecular complexity index is 256. The molecule has 1 aromatic rings. The molecule has 0 fully saturated rings. The van der Waals surface area contributed by atoms with Crippen molar-refractivity contribution in [2.75, 3.05) is 13.1 Å². The lowest BCUT2D eigenvalue weighted by Crippen LogP contribution is -2.23. The van der Waals surface area contributed by atoms with Gasteiger partial charge >= 0.3 is 0 Å². The van der Waals surface area contributed by atoms with Gasteiger partial charge in [0.05, 0.1) is 0 Å². The van der Waals surface area contributed by atoms with Crippen LogP contribution < -0.4 is 0 Å². The standard InChI is InChI=1S/C12H18ClN/c1-3-9-14(4-2)10-11-5-7-12(13)8-6-11/h5-8H,3-4,9-10H2,1-2H3. The molecule has 0 amide bonds. The van der Waals surface area contributed by atoms with E-state index < -0.39 is 0 Å². The normalized spacial score (nSPS) is 10.9. The van der Waals surface area contributed by atoms with Crippen molar-refractivity contribution >= 4 is 11.6 Å². The highest BCUT2D eigenvalue weighted by molar-refractivity contribution is 6.30. The summed E-state index contributed by atoms with van der Waals surface area (Å²) >= 11 is 5.83. The third kappa shape index (κ3) is 3.69. The third-order valence-corrected chi connectivity index (χ3v) is 2.56. The first-order valence-corrected chi connectivity index (χ1v) is 5.60. The molecule has 0 aliphatic heterocycles. The quantitative estimate of drug-likeness (QED) is 0.720. The zero-order valence-corrected chi connectivity index (χ0v) is 9.72. The first-order chi connectivity index (χ1) is 6.76. The Morgan fingerprint density at radius 1 is 1.14 bits per heavy atom. The first-order valence-electron chi connectivity index (χ1n) is 5.23. The van der Waals surface area contributed by atoms with Gasteiger partial charge in [-0.15, -0.1) is 0 Å². The van der Waals surface area contributed by atoms with Gasteiger partial charge in [-0.3, -0.25) is 4.90 Å². The van der Waals surface area contributed by atoms with Gasteiger partial charge in [-0.05, 0) is 37.2 Å². The Morgan fingerprint density at radius 3 is 2.29 bits per heavy atom. The molecule has 14 heavy (non-hydrogen) atoms. The molecule has 0 unspecified atom stereocenters. The summed E-state index contributed by atoms with van der Waals surface area (Å²) < 4.78 is 0. The van der Waals surface area contributed by atoms with E-state index in [9.17, 15) is 0 Å².